The van der Waals surface area contributed by atoms with Gasteiger partial charge in [-0.3, -0.25) is 4.68 Å². The monoisotopic (exact) mass is 298 g/mol. The van der Waals surface area contributed by atoms with Gasteiger partial charge in [-0.15, -0.1) is 0 Å². The first-order valence-electron chi connectivity index (χ1n) is 7.58. The number of aromatic nitrogens is 2. The average molecular weight is 299 g/mol. The van der Waals surface area contributed by atoms with E-state index in [1.807, 2.05) is 11.7 Å². The van der Waals surface area contributed by atoms with E-state index in [1.165, 1.54) is 6.42 Å². The number of nitrogens with zero attached hydrogens (tertiary/aromatic N) is 2. The van der Waals surface area contributed by atoms with Crippen LogP contribution in [0.25, 0.3) is 0 Å². The van der Waals surface area contributed by atoms with Crippen molar-refractivity contribution in [2.24, 2.45) is 18.4 Å². The number of hydrogen-bond acceptors (Lipinski definition) is 2. The van der Waals surface area contributed by atoms with Gasteiger partial charge in [0.15, 0.2) is 0 Å². The van der Waals surface area contributed by atoms with E-state index in [0.29, 0.717) is 12.3 Å². The fourth-order valence-electron chi connectivity index (χ4n) is 4.16. The molecule has 0 spiro atoms. The number of halogens is 1. The number of aliphatic hydroxyl groups is 1. The maximum Gasteiger partial charge on any atom is 0.0850 e. The second kappa shape index (κ2) is 5.34. The van der Waals surface area contributed by atoms with Gasteiger partial charge < -0.3 is 5.11 Å². The van der Waals surface area contributed by atoms with Gasteiger partial charge >= 0.3 is 0 Å². The minimum Gasteiger partial charge on any atom is -0.389 e. The van der Waals surface area contributed by atoms with E-state index in [9.17, 15) is 5.11 Å². The van der Waals surface area contributed by atoms with Gasteiger partial charge in [-0.25, -0.2) is 0 Å². The molecule has 0 saturated heterocycles. The Morgan fingerprint density at radius 3 is 2.55 bits per heavy atom. The number of rotatable bonds is 3. The summed E-state index contributed by atoms with van der Waals surface area (Å²) in [6.45, 7) is 8.78. The van der Waals surface area contributed by atoms with E-state index in [1.54, 1.807) is 0 Å². The third-order valence-corrected chi connectivity index (χ3v) is 4.87. The lowest BCUT2D eigenvalue weighted by atomic mass is 9.64. The zero-order valence-corrected chi connectivity index (χ0v) is 14.1. The first kappa shape index (κ1) is 15.8. The summed E-state index contributed by atoms with van der Waals surface area (Å²) in [6.07, 6.45) is 4.28. The van der Waals surface area contributed by atoms with Gasteiger partial charge in [0.1, 0.15) is 0 Å². The molecule has 0 bridgehead atoms. The highest BCUT2D eigenvalue weighted by atomic mass is 35.5. The molecule has 1 saturated carbocycles. The van der Waals surface area contributed by atoms with Gasteiger partial charge in [-0.05, 0) is 37.0 Å². The maximum absolute atomic E-state index is 11.1. The molecule has 1 aliphatic rings. The Morgan fingerprint density at radius 2 is 2.05 bits per heavy atom. The van der Waals surface area contributed by atoms with Gasteiger partial charge in [0.25, 0.3) is 0 Å². The van der Waals surface area contributed by atoms with Crippen molar-refractivity contribution in [2.45, 2.75) is 65.4 Å². The van der Waals surface area contributed by atoms with Crippen molar-refractivity contribution >= 4 is 11.6 Å². The lowest BCUT2D eigenvalue weighted by Crippen LogP contribution is -2.44. The van der Waals surface area contributed by atoms with E-state index in [-0.39, 0.29) is 5.41 Å². The summed E-state index contributed by atoms with van der Waals surface area (Å²) in [5, 5.41) is 16.3. The molecular formula is C16H27ClN2O. The topological polar surface area (TPSA) is 38.0 Å². The van der Waals surface area contributed by atoms with Crippen LogP contribution < -0.4 is 0 Å². The van der Waals surface area contributed by atoms with Crippen LogP contribution in [0, 0.1) is 11.3 Å². The van der Waals surface area contributed by atoms with E-state index in [0.717, 1.165) is 35.7 Å². The molecule has 0 amide bonds. The third kappa shape index (κ3) is 3.20. The van der Waals surface area contributed by atoms with Crippen molar-refractivity contribution in [3.05, 3.63) is 16.4 Å². The van der Waals surface area contributed by atoms with Crippen molar-refractivity contribution in [3.63, 3.8) is 0 Å². The Kier molecular flexibility index (Phi) is 4.23. The second-order valence-electron chi connectivity index (χ2n) is 7.44. The van der Waals surface area contributed by atoms with Gasteiger partial charge in [0, 0.05) is 13.5 Å². The van der Waals surface area contributed by atoms with Crippen molar-refractivity contribution in [1.29, 1.82) is 0 Å². The van der Waals surface area contributed by atoms with Crippen LogP contribution in [0.5, 0.6) is 0 Å². The smallest absolute Gasteiger partial charge is 0.0850 e. The predicted molar refractivity (Wildman–Crippen MR) is 83.0 cm³/mol. The standard InChI is InChI=1S/C16H27ClN2O/c1-6-12-14(17)13(19(5)18-12)9-16(20)8-11(2)7-15(3,4)10-16/h11,20H,6-10H2,1-5H3. The molecule has 114 valence electrons. The van der Waals surface area contributed by atoms with Crippen LogP contribution in [-0.4, -0.2) is 20.5 Å². The SMILES string of the molecule is CCc1nn(C)c(CC2(O)CC(C)CC(C)(C)C2)c1Cl. The van der Waals surface area contributed by atoms with E-state index in [4.69, 9.17) is 11.6 Å². The average Bonchev–Trinajstić information content (AvgIpc) is 2.52. The summed E-state index contributed by atoms with van der Waals surface area (Å²) in [4.78, 5) is 0. The van der Waals surface area contributed by atoms with Crippen molar-refractivity contribution in [2.75, 3.05) is 0 Å². The maximum atomic E-state index is 11.1. The molecule has 20 heavy (non-hydrogen) atoms. The van der Waals surface area contributed by atoms with E-state index in [2.05, 4.69) is 32.8 Å². The summed E-state index contributed by atoms with van der Waals surface area (Å²) < 4.78 is 1.84. The van der Waals surface area contributed by atoms with Gasteiger partial charge in [0.2, 0.25) is 0 Å². The first-order chi connectivity index (χ1) is 9.16. The minimum absolute atomic E-state index is 0.186. The zero-order valence-electron chi connectivity index (χ0n) is 13.3. The first-order valence-corrected chi connectivity index (χ1v) is 7.96. The van der Waals surface area contributed by atoms with Crippen LogP contribution in [0.1, 0.15) is 58.3 Å². The molecule has 1 N–H and O–H groups in total. The largest absolute Gasteiger partial charge is 0.389 e. The van der Waals surface area contributed by atoms with Crippen molar-refractivity contribution in [1.82, 2.24) is 9.78 Å². The Morgan fingerprint density at radius 1 is 1.40 bits per heavy atom. The highest BCUT2D eigenvalue weighted by Crippen LogP contribution is 2.45. The molecule has 2 unspecified atom stereocenters. The fourth-order valence-corrected chi connectivity index (χ4v) is 4.52. The van der Waals surface area contributed by atoms with Gasteiger partial charge in [-0.2, -0.15) is 5.10 Å². The molecule has 1 aromatic heterocycles. The van der Waals surface area contributed by atoms with Crippen LogP contribution in [0.15, 0.2) is 0 Å². The lowest BCUT2D eigenvalue weighted by molar-refractivity contribution is -0.0585. The van der Waals surface area contributed by atoms with Crippen LogP contribution in [0.3, 0.4) is 0 Å². The Labute approximate surface area is 127 Å². The molecular weight excluding hydrogens is 272 g/mol. The second-order valence-corrected chi connectivity index (χ2v) is 7.82. The highest BCUT2D eigenvalue weighted by Gasteiger charge is 2.42. The summed E-state index contributed by atoms with van der Waals surface area (Å²) >= 11 is 6.42. The predicted octanol–water partition coefficient (Wildman–Crippen LogP) is 3.76. The van der Waals surface area contributed by atoms with Crippen LogP contribution >= 0.6 is 11.6 Å². The summed E-state index contributed by atoms with van der Waals surface area (Å²) in [5.74, 6) is 0.543. The molecule has 0 aromatic carbocycles. The zero-order chi connectivity index (χ0) is 15.1. The summed E-state index contributed by atoms with van der Waals surface area (Å²) in [5.41, 5.74) is 1.42. The minimum atomic E-state index is -0.663. The quantitative estimate of drug-likeness (QED) is 0.923. The van der Waals surface area contributed by atoms with Gasteiger partial charge in [-0.1, -0.05) is 39.3 Å². The third-order valence-electron chi connectivity index (χ3n) is 4.44. The fraction of sp³-hybridized carbons (Fsp3) is 0.812. The van der Waals surface area contributed by atoms with Gasteiger partial charge in [0.05, 0.1) is 22.0 Å². The molecule has 1 heterocycles. The molecule has 2 atom stereocenters. The van der Waals surface area contributed by atoms with Crippen LogP contribution in [-0.2, 0) is 19.9 Å². The normalized spacial score (nSPS) is 29.6. The van der Waals surface area contributed by atoms with E-state index >= 15 is 0 Å². The van der Waals surface area contributed by atoms with Crippen molar-refractivity contribution in [3.8, 4) is 0 Å². The highest BCUT2D eigenvalue weighted by molar-refractivity contribution is 6.31. The van der Waals surface area contributed by atoms with Crippen molar-refractivity contribution < 1.29 is 5.11 Å². The lowest BCUT2D eigenvalue weighted by Gasteiger charge is -2.44. The molecule has 0 aliphatic heterocycles. The summed E-state index contributed by atoms with van der Waals surface area (Å²) in [6, 6.07) is 0. The number of aryl methyl sites for hydroxylation is 2. The molecule has 2 rings (SSSR count). The van der Waals surface area contributed by atoms with Crippen LogP contribution in [0.4, 0.5) is 0 Å². The molecule has 4 heteroatoms. The molecule has 1 aromatic rings. The number of hydrogen-bond donors (Lipinski definition) is 1. The molecule has 1 fully saturated rings. The van der Waals surface area contributed by atoms with Crippen LogP contribution in [0.2, 0.25) is 5.02 Å². The molecule has 1 aliphatic carbocycles. The Hall–Kier alpha value is -0.540. The summed E-state index contributed by atoms with van der Waals surface area (Å²) in [7, 11) is 1.92. The molecule has 3 nitrogen and oxygen atoms in total. The van der Waals surface area contributed by atoms with E-state index < -0.39 is 5.60 Å². The Bertz CT molecular complexity index is 495. The Balaban J connectivity index is 2.26. The molecule has 0 radical (unpaired) electrons.